The minimum atomic E-state index is -1.26. The van der Waals surface area contributed by atoms with Crippen molar-refractivity contribution in [2.45, 2.75) is 0 Å². The lowest BCUT2D eigenvalue weighted by Crippen LogP contribution is -2.27. The zero-order chi connectivity index (χ0) is 19.8. The Hall–Kier alpha value is -3.06. The molecule has 0 spiro atoms. The normalized spacial score (nSPS) is 10.8. The first-order valence-electron chi connectivity index (χ1n) is 7.89. The van der Waals surface area contributed by atoms with Crippen LogP contribution in [0.15, 0.2) is 65.3 Å². The van der Waals surface area contributed by atoms with E-state index in [9.17, 15) is 14.7 Å². The van der Waals surface area contributed by atoms with E-state index in [1.807, 2.05) is 0 Å². The highest BCUT2D eigenvalue weighted by molar-refractivity contribution is 9.10. The Morgan fingerprint density at radius 2 is 1.96 bits per heavy atom. The second kappa shape index (κ2) is 9.59. The van der Waals surface area contributed by atoms with Crippen LogP contribution < -0.4 is 14.8 Å². The highest BCUT2D eigenvalue weighted by atomic mass is 79.9. The number of carboxylic acids is 1. The Balaban J connectivity index is 2.34. The molecule has 0 bridgehead atoms. The molecule has 0 radical (unpaired) electrons. The third-order valence-electron chi connectivity index (χ3n) is 3.42. The van der Waals surface area contributed by atoms with Crippen molar-refractivity contribution >= 4 is 33.9 Å². The van der Waals surface area contributed by atoms with Crippen LogP contribution in [0.3, 0.4) is 0 Å². The summed E-state index contributed by atoms with van der Waals surface area (Å²) in [5, 5.41) is 11.8. The van der Waals surface area contributed by atoms with Crippen LogP contribution in [0, 0.1) is 0 Å². The lowest BCUT2D eigenvalue weighted by atomic mass is 10.1. The molecular formula is C20H18BrNO5. The first-order valence-corrected chi connectivity index (χ1v) is 8.68. The molecule has 6 nitrogen and oxygen atoms in total. The molecule has 0 saturated carbocycles. The van der Waals surface area contributed by atoms with Gasteiger partial charge in [-0.15, -0.1) is 0 Å². The Bertz CT molecular complexity index is 877. The van der Waals surface area contributed by atoms with Crippen LogP contribution in [0.2, 0.25) is 0 Å². The summed E-state index contributed by atoms with van der Waals surface area (Å²) >= 11 is 3.38. The summed E-state index contributed by atoms with van der Waals surface area (Å²) in [4.78, 5) is 23.8. The number of carbonyl (C=O) groups is 2. The second-order valence-electron chi connectivity index (χ2n) is 5.32. The number of aliphatic carboxylic acids is 1. The van der Waals surface area contributed by atoms with E-state index in [-0.39, 0.29) is 12.3 Å². The van der Waals surface area contributed by atoms with Gasteiger partial charge in [0.25, 0.3) is 5.91 Å². The average molecular weight is 432 g/mol. The van der Waals surface area contributed by atoms with Crippen molar-refractivity contribution in [3.05, 3.63) is 76.4 Å². The first kappa shape index (κ1) is 20.3. The van der Waals surface area contributed by atoms with Gasteiger partial charge in [-0.1, -0.05) is 30.9 Å². The zero-order valence-corrected chi connectivity index (χ0v) is 16.2. The number of hydrogen-bond acceptors (Lipinski definition) is 4. The van der Waals surface area contributed by atoms with Gasteiger partial charge in [-0.25, -0.2) is 4.79 Å². The number of halogens is 1. The van der Waals surface area contributed by atoms with Crippen LogP contribution in [0.1, 0.15) is 15.9 Å². The van der Waals surface area contributed by atoms with Gasteiger partial charge in [0, 0.05) is 5.56 Å². The highest BCUT2D eigenvalue weighted by Crippen LogP contribution is 2.37. The fourth-order valence-electron chi connectivity index (χ4n) is 2.21. The third kappa shape index (κ3) is 5.46. The Kier molecular flexibility index (Phi) is 7.19. The summed E-state index contributed by atoms with van der Waals surface area (Å²) in [6, 6.07) is 11.6. The molecule has 0 heterocycles. The summed E-state index contributed by atoms with van der Waals surface area (Å²) in [7, 11) is 1.48. The minimum Gasteiger partial charge on any atom is -0.493 e. The zero-order valence-electron chi connectivity index (χ0n) is 14.6. The number of hydrogen-bond donors (Lipinski definition) is 2. The molecule has 0 fully saturated rings. The highest BCUT2D eigenvalue weighted by Gasteiger charge is 2.15. The summed E-state index contributed by atoms with van der Waals surface area (Å²) in [6.45, 7) is 3.88. The number of carboxylic acid groups (broad SMARTS) is 1. The molecule has 7 heteroatoms. The summed E-state index contributed by atoms with van der Waals surface area (Å²) in [5.41, 5.74) is 0.601. The molecular weight excluding hydrogens is 414 g/mol. The molecule has 1 amide bonds. The van der Waals surface area contributed by atoms with Crippen molar-refractivity contribution in [1.82, 2.24) is 5.32 Å². The second-order valence-corrected chi connectivity index (χ2v) is 6.17. The molecule has 2 aromatic carbocycles. The Morgan fingerprint density at radius 1 is 1.26 bits per heavy atom. The van der Waals surface area contributed by atoms with Gasteiger partial charge in [-0.2, -0.15) is 0 Å². The molecule has 0 saturated heterocycles. The third-order valence-corrected chi connectivity index (χ3v) is 4.01. The molecule has 2 aromatic rings. The van der Waals surface area contributed by atoms with E-state index >= 15 is 0 Å². The van der Waals surface area contributed by atoms with Crippen molar-refractivity contribution in [2.24, 2.45) is 0 Å². The Labute approximate surface area is 165 Å². The molecule has 0 unspecified atom stereocenters. The minimum absolute atomic E-state index is 0.266. The van der Waals surface area contributed by atoms with E-state index < -0.39 is 11.9 Å². The predicted molar refractivity (Wildman–Crippen MR) is 106 cm³/mol. The summed E-state index contributed by atoms with van der Waals surface area (Å²) in [5.74, 6) is -0.890. The predicted octanol–water partition coefficient (Wildman–Crippen LogP) is 3.88. The SMILES string of the molecule is C=CCOc1c(Br)cc(/C=C(/NC(=O)c2ccccc2)C(=O)O)cc1OC. The van der Waals surface area contributed by atoms with Crippen LogP contribution in [0.4, 0.5) is 0 Å². The molecule has 0 aliphatic heterocycles. The standard InChI is InChI=1S/C20H18BrNO5/c1-3-9-27-18-15(21)10-13(12-17(18)26-2)11-16(20(24)25)22-19(23)14-7-5-4-6-8-14/h3-8,10-12H,1,9H2,2H3,(H,22,23)(H,24,25)/b16-11+. The van der Waals surface area contributed by atoms with Gasteiger partial charge in [0.2, 0.25) is 0 Å². The first-order chi connectivity index (χ1) is 13.0. The van der Waals surface area contributed by atoms with Gasteiger partial charge in [0.05, 0.1) is 11.6 Å². The smallest absolute Gasteiger partial charge is 0.352 e. The van der Waals surface area contributed by atoms with E-state index in [4.69, 9.17) is 9.47 Å². The van der Waals surface area contributed by atoms with E-state index in [1.54, 1.807) is 48.5 Å². The number of rotatable bonds is 8. The fraction of sp³-hybridized carbons (Fsp3) is 0.100. The molecule has 2 N–H and O–H groups in total. The number of nitrogens with one attached hydrogen (secondary N) is 1. The van der Waals surface area contributed by atoms with Gasteiger partial charge in [-0.05, 0) is 51.8 Å². The van der Waals surface area contributed by atoms with Crippen molar-refractivity contribution in [3.8, 4) is 11.5 Å². The van der Waals surface area contributed by atoms with E-state index in [0.29, 0.717) is 27.1 Å². The van der Waals surface area contributed by atoms with E-state index in [1.165, 1.54) is 13.2 Å². The van der Waals surface area contributed by atoms with Crippen LogP contribution >= 0.6 is 15.9 Å². The molecule has 0 aliphatic carbocycles. The van der Waals surface area contributed by atoms with Gasteiger partial charge < -0.3 is 19.9 Å². The van der Waals surface area contributed by atoms with Crippen molar-refractivity contribution in [1.29, 1.82) is 0 Å². The fourth-order valence-corrected chi connectivity index (χ4v) is 2.78. The number of benzene rings is 2. The quantitative estimate of drug-likeness (QED) is 0.489. The lowest BCUT2D eigenvalue weighted by Gasteiger charge is -2.13. The van der Waals surface area contributed by atoms with Gasteiger partial charge in [-0.3, -0.25) is 4.79 Å². The number of ether oxygens (including phenoxy) is 2. The van der Waals surface area contributed by atoms with E-state index in [0.717, 1.165) is 0 Å². The van der Waals surface area contributed by atoms with Crippen molar-refractivity contribution in [2.75, 3.05) is 13.7 Å². The molecule has 0 atom stereocenters. The largest absolute Gasteiger partial charge is 0.493 e. The molecule has 2 rings (SSSR count). The number of methoxy groups -OCH3 is 1. The Morgan fingerprint density at radius 3 is 2.56 bits per heavy atom. The maximum atomic E-state index is 12.2. The molecule has 0 aliphatic rings. The molecule has 140 valence electrons. The van der Waals surface area contributed by atoms with Crippen LogP contribution in [0.5, 0.6) is 11.5 Å². The summed E-state index contributed by atoms with van der Waals surface area (Å²) < 4.78 is 11.4. The van der Waals surface area contributed by atoms with Gasteiger partial charge in [0.15, 0.2) is 11.5 Å². The number of carbonyl (C=O) groups excluding carboxylic acids is 1. The summed E-state index contributed by atoms with van der Waals surface area (Å²) in [6.07, 6.45) is 2.94. The maximum Gasteiger partial charge on any atom is 0.352 e. The van der Waals surface area contributed by atoms with E-state index in [2.05, 4.69) is 27.8 Å². The van der Waals surface area contributed by atoms with Crippen molar-refractivity contribution in [3.63, 3.8) is 0 Å². The van der Waals surface area contributed by atoms with Crippen LogP contribution in [0.25, 0.3) is 6.08 Å². The molecule has 0 aromatic heterocycles. The van der Waals surface area contributed by atoms with Crippen LogP contribution in [-0.2, 0) is 4.79 Å². The maximum absolute atomic E-state index is 12.2. The van der Waals surface area contributed by atoms with Crippen LogP contribution in [-0.4, -0.2) is 30.7 Å². The van der Waals surface area contributed by atoms with Crippen molar-refractivity contribution < 1.29 is 24.2 Å². The molecule has 27 heavy (non-hydrogen) atoms. The van der Waals surface area contributed by atoms with Gasteiger partial charge in [0.1, 0.15) is 12.3 Å². The average Bonchev–Trinajstić information content (AvgIpc) is 2.66. The number of amides is 1. The van der Waals surface area contributed by atoms with Gasteiger partial charge >= 0.3 is 5.97 Å². The topological polar surface area (TPSA) is 84.9 Å². The monoisotopic (exact) mass is 431 g/mol. The lowest BCUT2D eigenvalue weighted by molar-refractivity contribution is -0.132.